The summed E-state index contributed by atoms with van der Waals surface area (Å²) in [7, 11) is 0. The first-order chi connectivity index (χ1) is 11.1. The average Bonchev–Trinajstić information content (AvgIpc) is 2.59. The second-order valence-corrected chi connectivity index (χ2v) is 5.49. The SMILES string of the molecule is Cc1ccc(CNC(=O)CCCNC(=O)c2ccccc2)cc1. The van der Waals surface area contributed by atoms with Crippen molar-refractivity contribution in [3.8, 4) is 0 Å². The Morgan fingerprint density at radius 3 is 2.30 bits per heavy atom. The topological polar surface area (TPSA) is 58.2 Å². The van der Waals surface area contributed by atoms with Crippen LogP contribution >= 0.6 is 0 Å². The molecule has 2 amide bonds. The minimum Gasteiger partial charge on any atom is -0.352 e. The number of rotatable bonds is 7. The van der Waals surface area contributed by atoms with Gasteiger partial charge in [-0.25, -0.2) is 0 Å². The van der Waals surface area contributed by atoms with E-state index in [-0.39, 0.29) is 11.8 Å². The molecule has 0 bridgehead atoms. The molecule has 4 nitrogen and oxygen atoms in total. The van der Waals surface area contributed by atoms with Gasteiger partial charge in [-0.05, 0) is 31.0 Å². The zero-order chi connectivity index (χ0) is 16.5. The lowest BCUT2D eigenvalue weighted by molar-refractivity contribution is -0.121. The highest BCUT2D eigenvalue weighted by Crippen LogP contribution is 2.03. The lowest BCUT2D eigenvalue weighted by Gasteiger charge is -2.07. The smallest absolute Gasteiger partial charge is 0.251 e. The van der Waals surface area contributed by atoms with Gasteiger partial charge in [0, 0.05) is 25.1 Å². The zero-order valence-electron chi connectivity index (χ0n) is 13.3. The summed E-state index contributed by atoms with van der Waals surface area (Å²) in [5.41, 5.74) is 2.92. The second kappa shape index (κ2) is 8.73. The Hall–Kier alpha value is -2.62. The fourth-order valence-corrected chi connectivity index (χ4v) is 2.14. The van der Waals surface area contributed by atoms with Crippen molar-refractivity contribution in [2.75, 3.05) is 6.54 Å². The van der Waals surface area contributed by atoms with E-state index in [0.29, 0.717) is 31.5 Å². The molecule has 0 aliphatic carbocycles. The molecule has 0 unspecified atom stereocenters. The van der Waals surface area contributed by atoms with Gasteiger partial charge < -0.3 is 10.6 Å². The van der Waals surface area contributed by atoms with Crippen LogP contribution in [0.15, 0.2) is 54.6 Å². The maximum Gasteiger partial charge on any atom is 0.251 e. The number of carbonyl (C=O) groups is 2. The summed E-state index contributed by atoms with van der Waals surface area (Å²) in [6.45, 7) is 3.06. The van der Waals surface area contributed by atoms with Crippen molar-refractivity contribution >= 4 is 11.8 Å². The molecule has 0 saturated carbocycles. The Labute approximate surface area is 136 Å². The molecule has 0 spiro atoms. The zero-order valence-corrected chi connectivity index (χ0v) is 13.3. The molecule has 0 aliphatic rings. The summed E-state index contributed by atoms with van der Waals surface area (Å²) < 4.78 is 0. The van der Waals surface area contributed by atoms with Gasteiger partial charge in [-0.3, -0.25) is 9.59 Å². The van der Waals surface area contributed by atoms with E-state index >= 15 is 0 Å². The Bertz CT molecular complexity index is 636. The van der Waals surface area contributed by atoms with E-state index in [9.17, 15) is 9.59 Å². The third-order valence-electron chi connectivity index (χ3n) is 3.51. The number of benzene rings is 2. The normalized spacial score (nSPS) is 10.1. The van der Waals surface area contributed by atoms with Crippen LogP contribution in [0.1, 0.15) is 34.3 Å². The van der Waals surface area contributed by atoms with Gasteiger partial charge in [-0.2, -0.15) is 0 Å². The Balaban J connectivity index is 1.61. The van der Waals surface area contributed by atoms with E-state index in [4.69, 9.17) is 0 Å². The van der Waals surface area contributed by atoms with Gasteiger partial charge in [0.1, 0.15) is 0 Å². The van der Waals surface area contributed by atoms with Gasteiger partial charge in [-0.1, -0.05) is 48.0 Å². The number of hydrogen-bond donors (Lipinski definition) is 2. The number of carbonyl (C=O) groups excluding carboxylic acids is 2. The number of amides is 2. The van der Waals surface area contributed by atoms with Gasteiger partial charge in [0.05, 0.1) is 0 Å². The molecule has 2 aromatic rings. The van der Waals surface area contributed by atoms with E-state index in [1.165, 1.54) is 5.56 Å². The van der Waals surface area contributed by atoms with Crippen LogP contribution in [0.4, 0.5) is 0 Å². The molecule has 0 fully saturated rings. The van der Waals surface area contributed by atoms with Crippen molar-refractivity contribution in [2.24, 2.45) is 0 Å². The summed E-state index contributed by atoms with van der Waals surface area (Å²) >= 11 is 0. The van der Waals surface area contributed by atoms with Gasteiger partial charge in [0.2, 0.25) is 5.91 Å². The standard InChI is InChI=1S/C19H22N2O2/c1-15-9-11-16(12-10-15)14-21-18(22)8-5-13-20-19(23)17-6-3-2-4-7-17/h2-4,6-7,9-12H,5,8,13-14H2,1H3,(H,20,23)(H,21,22). The van der Waals surface area contributed by atoms with Crippen molar-refractivity contribution in [3.05, 3.63) is 71.3 Å². The minimum atomic E-state index is -0.106. The van der Waals surface area contributed by atoms with Gasteiger partial charge in [-0.15, -0.1) is 0 Å². The molecule has 0 saturated heterocycles. The third-order valence-corrected chi connectivity index (χ3v) is 3.51. The van der Waals surface area contributed by atoms with Gasteiger partial charge in [0.15, 0.2) is 0 Å². The van der Waals surface area contributed by atoms with Crippen LogP contribution in [0.5, 0.6) is 0 Å². The van der Waals surface area contributed by atoms with Crippen molar-refractivity contribution in [1.29, 1.82) is 0 Å². The van der Waals surface area contributed by atoms with Crippen LogP contribution in [-0.2, 0) is 11.3 Å². The number of aryl methyl sites for hydroxylation is 1. The summed E-state index contributed by atoms with van der Waals surface area (Å²) in [5, 5.41) is 5.70. The fraction of sp³-hybridized carbons (Fsp3) is 0.263. The van der Waals surface area contributed by atoms with E-state index in [1.807, 2.05) is 49.4 Å². The van der Waals surface area contributed by atoms with E-state index < -0.39 is 0 Å². The summed E-state index contributed by atoms with van der Waals surface area (Å²) in [6, 6.07) is 17.1. The maximum atomic E-state index is 11.8. The molecule has 23 heavy (non-hydrogen) atoms. The van der Waals surface area contributed by atoms with Gasteiger partial charge in [0.25, 0.3) is 5.91 Å². The highest BCUT2D eigenvalue weighted by molar-refractivity contribution is 5.94. The lowest BCUT2D eigenvalue weighted by Crippen LogP contribution is -2.27. The first-order valence-electron chi connectivity index (χ1n) is 7.80. The van der Waals surface area contributed by atoms with Crippen LogP contribution in [0.25, 0.3) is 0 Å². The molecule has 120 valence electrons. The van der Waals surface area contributed by atoms with Crippen LogP contribution in [-0.4, -0.2) is 18.4 Å². The number of nitrogens with one attached hydrogen (secondary N) is 2. The molecule has 0 aliphatic heterocycles. The average molecular weight is 310 g/mol. The lowest BCUT2D eigenvalue weighted by atomic mass is 10.1. The van der Waals surface area contributed by atoms with Crippen molar-refractivity contribution in [1.82, 2.24) is 10.6 Å². The van der Waals surface area contributed by atoms with Crippen LogP contribution < -0.4 is 10.6 Å². The second-order valence-electron chi connectivity index (χ2n) is 5.49. The van der Waals surface area contributed by atoms with Crippen molar-refractivity contribution in [2.45, 2.75) is 26.3 Å². The van der Waals surface area contributed by atoms with Crippen LogP contribution in [0, 0.1) is 6.92 Å². The van der Waals surface area contributed by atoms with Crippen molar-refractivity contribution in [3.63, 3.8) is 0 Å². The van der Waals surface area contributed by atoms with E-state index in [2.05, 4.69) is 10.6 Å². The number of hydrogen-bond acceptors (Lipinski definition) is 2. The molecule has 2 rings (SSSR count). The quantitative estimate of drug-likeness (QED) is 0.773. The molecule has 0 heterocycles. The van der Waals surface area contributed by atoms with Crippen LogP contribution in [0.3, 0.4) is 0 Å². The summed E-state index contributed by atoms with van der Waals surface area (Å²) in [6.07, 6.45) is 1.03. The molecule has 0 radical (unpaired) electrons. The van der Waals surface area contributed by atoms with Crippen LogP contribution in [0.2, 0.25) is 0 Å². The fourth-order valence-electron chi connectivity index (χ4n) is 2.14. The molecule has 2 N–H and O–H groups in total. The molecule has 0 aromatic heterocycles. The first kappa shape index (κ1) is 16.7. The van der Waals surface area contributed by atoms with Gasteiger partial charge >= 0.3 is 0 Å². The predicted molar refractivity (Wildman–Crippen MR) is 91.0 cm³/mol. The molecular weight excluding hydrogens is 288 g/mol. The highest BCUT2D eigenvalue weighted by Gasteiger charge is 2.05. The molecular formula is C19H22N2O2. The Kier molecular flexibility index (Phi) is 6.36. The van der Waals surface area contributed by atoms with E-state index in [0.717, 1.165) is 5.56 Å². The molecule has 0 atom stereocenters. The highest BCUT2D eigenvalue weighted by atomic mass is 16.2. The molecule has 2 aromatic carbocycles. The minimum absolute atomic E-state index is 0.000430. The van der Waals surface area contributed by atoms with Crippen molar-refractivity contribution < 1.29 is 9.59 Å². The Morgan fingerprint density at radius 1 is 0.913 bits per heavy atom. The Morgan fingerprint density at radius 2 is 1.61 bits per heavy atom. The summed E-state index contributed by atoms with van der Waals surface area (Å²) in [5.74, 6) is -0.106. The third kappa shape index (κ3) is 5.94. The first-order valence-corrected chi connectivity index (χ1v) is 7.80. The van der Waals surface area contributed by atoms with E-state index in [1.54, 1.807) is 12.1 Å². The summed E-state index contributed by atoms with van der Waals surface area (Å²) in [4.78, 5) is 23.6. The monoisotopic (exact) mass is 310 g/mol. The largest absolute Gasteiger partial charge is 0.352 e. The molecule has 4 heteroatoms. The predicted octanol–water partition coefficient (Wildman–Crippen LogP) is 2.82. The maximum absolute atomic E-state index is 11.8.